The molecule has 0 radical (unpaired) electrons. The number of carboxylic acids is 1. The lowest BCUT2D eigenvalue weighted by Gasteiger charge is -2.27. The van der Waals surface area contributed by atoms with Crippen LogP contribution < -0.4 is 5.32 Å². The lowest BCUT2D eigenvalue weighted by Crippen LogP contribution is -2.47. The summed E-state index contributed by atoms with van der Waals surface area (Å²) in [6, 6.07) is 1.78. The number of rotatable bonds is 4. The third-order valence-electron chi connectivity index (χ3n) is 3.74. The van der Waals surface area contributed by atoms with Gasteiger partial charge in [0.2, 0.25) is 0 Å². The second-order valence-corrected chi connectivity index (χ2v) is 5.29. The van der Waals surface area contributed by atoms with Crippen molar-refractivity contribution in [2.45, 2.75) is 31.7 Å². The molecule has 0 heterocycles. The molecular weight excluding hydrogens is 296 g/mol. The van der Waals surface area contributed by atoms with Crippen LogP contribution in [0.3, 0.4) is 0 Å². The number of ketones is 1. The summed E-state index contributed by atoms with van der Waals surface area (Å²) in [6.45, 7) is 0. The van der Waals surface area contributed by atoms with Crippen molar-refractivity contribution in [1.29, 1.82) is 0 Å². The third-order valence-corrected chi connectivity index (χ3v) is 3.74. The first-order chi connectivity index (χ1) is 10.4. The average molecular weight is 311 g/mol. The van der Waals surface area contributed by atoms with Gasteiger partial charge in [-0.15, -0.1) is 0 Å². The molecule has 1 aliphatic rings. The molecule has 0 spiro atoms. The Balaban J connectivity index is 2.17. The molecule has 22 heavy (non-hydrogen) atoms. The van der Waals surface area contributed by atoms with E-state index in [1.165, 1.54) is 0 Å². The highest BCUT2D eigenvalue weighted by Crippen LogP contribution is 2.25. The minimum absolute atomic E-state index is 0.0584. The number of benzene rings is 1. The van der Waals surface area contributed by atoms with Gasteiger partial charge in [-0.25, -0.2) is 13.6 Å². The van der Waals surface area contributed by atoms with Crippen molar-refractivity contribution in [1.82, 2.24) is 5.32 Å². The maximum Gasteiger partial charge on any atom is 0.326 e. The van der Waals surface area contributed by atoms with Crippen molar-refractivity contribution < 1.29 is 28.3 Å². The highest BCUT2D eigenvalue weighted by molar-refractivity contribution is 5.97. The Morgan fingerprint density at radius 3 is 2.68 bits per heavy atom. The second kappa shape index (κ2) is 6.64. The van der Waals surface area contributed by atoms with E-state index in [1.54, 1.807) is 0 Å². The molecule has 0 aliphatic heterocycles. The van der Waals surface area contributed by atoms with Crippen molar-refractivity contribution >= 4 is 17.7 Å². The molecule has 2 N–H and O–H groups in total. The molecule has 1 aromatic rings. The van der Waals surface area contributed by atoms with Gasteiger partial charge in [0.1, 0.15) is 11.8 Å². The van der Waals surface area contributed by atoms with Gasteiger partial charge in [-0.05, 0) is 30.9 Å². The van der Waals surface area contributed by atoms with Gasteiger partial charge in [-0.1, -0.05) is 6.07 Å². The summed E-state index contributed by atoms with van der Waals surface area (Å²) in [5.74, 6) is -5.43. The number of carboxylic acid groups (broad SMARTS) is 1. The molecule has 1 saturated carbocycles. The molecule has 1 fully saturated rings. The van der Waals surface area contributed by atoms with Crippen molar-refractivity contribution in [3.8, 4) is 0 Å². The Labute approximate surface area is 125 Å². The summed E-state index contributed by atoms with van der Waals surface area (Å²) < 4.78 is 26.7. The van der Waals surface area contributed by atoms with Crippen molar-refractivity contribution in [3.63, 3.8) is 0 Å². The Morgan fingerprint density at radius 1 is 1.32 bits per heavy atom. The molecule has 2 atom stereocenters. The van der Waals surface area contributed by atoms with E-state index in [9.17, 15) is 28.3 Å². The van der Waals surface area contributed by atoms with Crippen LogP contribution in [0.1, 0.15) is 36.0 Å². The van der Waals surface area contributed by atoms with Gasteiger partial charge in [0.05, 0.1) is 5.56 Å². The van der Waals surface area contributed by atoms with Crippen LogP contribution in [0.2, 0.25) is 0 Å². The van der Waals surface area contributed by atoms with Crippen LogP contribution in [0.25, 0.3) is 0 Å². The Bertz CT molecular complexity index is 618. The van der Waals surface area contributed by atoms with Crippen LogP contribution in [0.15, 0.2) is 18.2 Å². The highest BCUT2D eigenvalue weighted by Gasteiger charge is 2.34. The first kappa shape index (κ1) is 16.1. The summed E-state index contributed by atoms with van der Waals surface area (Å²) in [4.78, 5) is 34.8. The monoisotopic (exact) mass is 311 g/mol. The molecule has 0 aromatic heterocycles. The molecule has 1 aliphatic carbocycles. The summed E-state index contributed by atoms with van der Waals surface area (Å²) in [7, 11) is 0. The smallest absolute Gasteiger partial charge is 0.326 e. The molecule has 1 aromatic carbocycles. The maximum atomic E-state index is 13.6. The molecule has 1 amide bonds. The average Bonchev–Trinajstić information content (AvgIpc) is 2.47. The van der Waals surface area contributed by atoms with E-state index in [0.717, 1.165) is 18.2 Å². The van der Waals surface area contributed by atoms with Gasteiger partial charge in [0, 0.05) is 12.8 Å². The van der Waals surface area contributed by atoms with Gasteiger partial charge in [0.15, 0.2) is 11.6 Å². The van der Waals surface area contributed by atoms with E-state index >= 15 is 0 Å². The first-order valence-electron chi connectivity index (χ1n) is 6.89. The zero-order valence-electron chi connectivity index (χ0n) is 11.6. The van der Waals surface area contributed by atoms with Crippen molar-refractivity contribution in [2.75, 3.05) is 0 Å². The third kappa shape index (κ3) is 3.47. The number of hydrogen-bond donors (Lipinski definition) is 2. The summed E-state index contributed by atoms with van der Waals surface area (Å²) in [6.07, 6.45) is 1.49. The topological polar surface area (TPSA) is 83.5 Å². The molecule has 7 heteroatoms. The minimum Gasteiger partial charge on any atom is -0.480 e. The van der Waals surface area contributed by atoms with Crippen LogP contribution in [0.5, 0.6) is 0 Å². The highest BCUT2D eigenvalue weighted by atomic mass is 19.2. The van der Waals surface area contributed by atoms with Crippen LogP contribution >= 0.6 is 0 Å². The standard InChI is InChI=1S/C15H15F2NO4/c16-11-6-2-5-10(12(11)17)14(20)18-13(15(21)22)8-3-1-4-9(19)7-8/h2,5-6,8,13H,1,3-4,7H2,(H,18,20)(H,21,22)/t8-,13-/m1/s1. The lowest BCUT2D eigenvalue weighted by atomic mass is 9.83. The summed E-state index contributed by atoms with van der Waals surface area (Å²) in [5.41, 5.74) is -0.562. The minimum atomic E-state index is -1.33. The zero-order chi connectivity index (χ0) is 16.3. The number of amides is 1. The number of nitrogens with one attached hydrogen (secondary N) is 1. The normalized spacial score (nSPS) is 19.5. The van der Waals surface area contributed by atoms with Gasteiger partial charge in [-0.3, -0.25) is 9.59 Å². The number of hydrogen-bond acceptors (Lipinski definition) is 3. The van der Waals surface area contributed by atoms with Gasteiger partial charge in [-0.2, -0.15) is 0 Å². The van der Waals surface area contributed by atoms with E-state index in [0.29, 0.717) is 19.3 Å². The number of carbonyl (C=O) groups excluding carboxylic acids is 2. The SMILES string of the molecule is O=C1CCC[C@@H]([C@@H](NC(=O)c2cccc(F)c2F)C(=O)O)C1. The number of carbonyl (C=O) groups is 3. The van der Waals surface area contributed by atoms with Crippen LogP contribution in [-0.4, -0.2) is 28.8 Å². The number of halogens is 2. The van der Waals surface area contributed by atoms with E-state index in [2.05, 4.69) is 5.32 Å². The molecule has 2 rings (SSSR count). The maximum absolute atomic E-state index is 13.6. The lowest BCUT2D eigenvalue weighted by molar-refractivity contribution is -0.141. The fraction of sp³-hybridized carbons (Fsp3) is 0.400. The van der Waals surface area contributed by atoms with E-state index in [-0.39, 0.29) is 12.2 Å². The fourth-order valence-corrected chi connectivity index (χ4v) is 2.62. The van der Waals surface area contributed by atoms with E-state index < -0.39 is 41.0 Å². The quantitative estimate of drug-likeness (QED) is 0.889. The molecule has 5 nitrogen and oxygen atoms in total. The van der Waals surface area contributed by atoms with Gasteiger partial charge < -0.3 is 10.4 Å². The molecule has 0 bridgehead atoms. The summed E-state index contributed by atoms with van der Waals surface area (Å²) >= 11 is 0. The Morgan fingerprint density at radius 2 is 2.05 bits per heavy atom. The first-order valence-corrected chi connectivity index (χ1v) is 6.89. The van der Waals surface area contributed by atoms with Crippen LogP contribution in [0, 0.1) is 17.6 Å². The van der Waals surface area contributed by atoms with Crippen LogP contribution in [0.4, 0.5) is 8.78 Å². The zero-order valence-corrected chi connectivity index (χ0v) is 11.6. The number of aliphatic carboxylic acids is 1. The van der Waals surface area contributed by atoms with E-state index in [4.69, 9.17) is 0 Å². The Hall–Kier alpha value is -2.31. The summed E-state index contributed by atoms with van der Waals surface area (Å²) in [5, 5.41) is 11.4. The fourth-order valence-electron chi connectivity index (χ4n) is 2.62. The Kier molecular flexibility index (Phi) is 4.85. The number of Topliss-reactive ketones (excluding diaryl/α,β-unsaturated/α-hetero) is 1. The van der Waals surface area contributed by atoms with Crippen molar-refractivity contribution in [3.05, 3.63) is 35.4 Å². The predicted molar refractivity (Wildman–Crippen MR) is 72.2 cm³/mol. The van der Waals surface area contributed by atoms with Crippen molar-refractivity contribution in [2.24, 2.45) is 5.92 Å². The molecule has 0 saturated heterocycles. The van der Waals surface area contributed by atoms with Crippen LogP contribution in [-0.2, 0) is 9.59 Å². The molecule has 118 valence electrons. The predicted octanol–water partition coefficient (Wildman–Crippen LogP) is 1.91. The van der Waals surface area contributed by atoms with Gasteiger partial charge in [0.25, 0.3) is 5.91 Å². The second-order valence-electron chi connectivity index (χ2n) is 5.29. The van der Waals surface area contributed by atoms with Gasteiger partial charge >= 0.3 is 5.97 Å². The largest absolute Gasteiger partial charge is 0.480 e. The van der Waals surface area contributed by atoms with E-state index in [1.807, 2.05) is 0 Å². The molecular formula is C15H15F2NO4. The molecule has 0 unspecified atom stereocenters.